The summed E-state index contributed by atoms with van der Waals surface area (Å²) in [5, 5.41) is 0.713. The van der Waals surface area contributed by atoms with Crippen LogP contribution in [0.15, 0.2) is 30.3 Å². The van der Waals surface area contributed by atoms with Crippen molar-refractivity contribution in [2.45, 2.75) is 6.92 Å². The van der Waals surface area contributed by atoms with Crippen LogP contribution < -0.4 is 0 Å². The van der Waals surface area contributed by atoms with Gasteiger partial charge in [0, 0.05) is 10.6 Å². The van der Waals surface area contributed by atoms with E-state index in [2.05, 4.69) is 6.92 Å². The first kappa shape index (κ1) is 10.1. The molecule has 0 aliphatic rings. The number of halogens is 1. The van der Waals surface area contributed by atoms with Crippen LogP contribution >= 0.6 is 11.6 Å². The van der Waals surface area contributed by atoms with Crippen LogP contribution in [-0.2, 0) is 4.74 Å². The Bertz CT molecular complexity index is 305. The van der Waals surface area contributed by atoms with Gasteiger partial charge in [-0.2, -0.15) is 0 Å². The third kappa shape index (κ3) is 2.78. The molecule has 0 atom stereocenters. The second kappa shape index (κ2) is 4.93. The summed E-state index contributed by atoms with van der Waals surface area (Å²) in [5.41, 5.74) is 0.985. The number of rotatable bonds is 3. The maximum Gasteiger partial charge on any atom is 0.122 e. The van der Waals surface area contributed by atoms with E-state index >= 15 is 0 Å². The van der Waals surface area contributed by atoms with Gasteiger partial charge >= 0.3 is 0 Å². The van der Waals surface area contributed by atoms with Crippen LogP contribution in [-0.4, -0.2) is 6.61 Å². The van der Waals surface area contributed by atoms with Crippen molar-refractivity contribution >= 4 is 17.4 Å². The summed E-state index contributed by atoms with van der Waals surface area (Å²) in [7, 11) is 0. The smallest absolute Gasteiger partial charge is 0.122 e. The SMILES string of the molecule is [CH2]COC(=CC)c1cccc(Cl)c1. The average molecular weight is 196 g/mol. The van der Waals surface area contributed by atoms with E-state index in [1.807, 2.05) is 37.3 Å². The lowest BCUT2D eigenvalue weighted by atomic mass is 10.2. The van der Waals surface area contributed by atoms with Gasteiger partial charge in [0.05, 0.1) is 6.61 Å². The molecule has 0 aliphatic heterocycles. The summed E-state index contributed by atoms with van der Waals surface area (Å²) in [4.78, 5) is 0. The lowest BCUT2D eigenvalue weighted by molar-refractivity contribution is 0.317. The highest BCUT2D eigenvalue weighted by Crippen LogP contribution is 2.19. The molecule has 0 unspecified atom stereocenters. The molecule has 0 spiro atoms. The molecule has 0 fully saturated rings. The van der Waals surface area contributed by atoms with Crippen LogP contribution in [0.25, 0.3) is 5.76 Å². The quantitative estimate of drug-likeness (QED) is 0.671. The minimum absolute atomic E-state index is 0.423. The van der Waals surface area contributed by atoms with Crippen LogP contribution in [0.5, 0.6) is 0 Å². The van der Waals surface area contributed by atoms with Gasteiger partial charge in [0.2, 0.25) is 0 Å². The zero-order chi connectivity index (χ0) is 9.68. The van der Waals surface area contributed by atoms with Crippen molar-refractivity contribution < 1.29 is 4.74 Å². The molecule has 0 aromatic heterocycles. The molecule has 69 valence electrons. The standard InChI is InChI=1S/C11H12ClO/c1-3-11(13-4-2)9-6-5-7-10(12)8-9/h3,5-8H,2,4H2,1H3. The van der Waals surface area contributed by atoms with E-state index in [0.29, 0.717) is 11.6 Å². The fourth-order valence-corrected chi connectivity index (χ4v) is 1.28. The Morgan fingerprint density at radius 1 is 1.62 bits per heavy atom. The van der Waals surface area contributed by atoms with Crippen molar-refractivity contribution in [1.29, 1.82) is 0 Å². The third-order valence-corrected chi connectivity index (χ3v) is 1.86. The fraction of sp³-hybridized carbons (Fsp3) is 0.182. The fourth-order valence-electron chi connectivity index (χ4n) is 1.09. The Morgan fingerprint density at radius 3 is 2.92 bits per heavy atom. The highest BCUT2D eigenvalue weighted by atomic mass is 35.5. The van der Waals surface area contributed by atoms with E-state index in [4.69, 9.17) is 16.3 Å². The molecular formula is C11H12ClO. The second-order valence-corrected chi connectivity index (χ2v) is 2.95. The maximum atomic E-state index is 5.85. The van der Waals surface area contributed by atoms with Crippen molar-refractivity contribution in [2.24, 2.45) is 0 Å². The lowest BCUT2D eigenvalue weighted by Crippen LogP contribution is -1.90. The normalized spacial score (nSPS) is 11.5. The molecule has 0 saturated carbocycles. The summed E-state index contributed by atoms with van der Waals surface area (Å²) in [5.74, 6) is 0.817. The summed E-state index contributed by atoms with van der Waals surface area (Å²) < 4.78 is 5.32. The Kier molecular flexibility index (Phi) is 3.84. The molecule has 1 aromatic carbocycles. The molecule has 0 saturated heterocycles. The first-order chi connectivity index (χ1) is 6.27. The average Bonchev–Trinajstić information content (AvgIpc) is 2.14. The molecule has 1 nitrogen and oxygen atoms in total. The summed E-state index contributed by atoms with van der Waals surface area (Å²) >= 11 is 5.85. The summed E-state index contributed by atoms with van der Waals surface area (Å²) in [6.45, 7) is 5.97. The van der Waals surface area contributed by atoms with E-state index in [1.54, 1.807) is 0 Å². The number of benzene rings is 1. The van der Waals surface area contributed by atoms with E-state index in [1.165, 1.54) is 0 Å². The molecule has 0 N–H and O–H groups in total. The van der Waals surface area contributed by atoms with Crippen LogP contribution in [0.1, 0.15) is 12.5 Å². The third-order valence-electron chi connectivity index (χ3n) is 1.63. The van der Waals surface area contributed by atoms with E-state index < -0.39 is 0 Å². The molecule has 1 rings (SSSR count). The Labute approximate surface area is 84.0 Å². The van der Waals surface area contributed by atoms with Crippen LogP contribution in [0, 0.1) is 6.92 Å². The molecular weight excluding hydrogens is 184 g/mol. The number of hydrogen-bond acceptors (Lipinski definition) is 1. The largest absolute Gasteiger partial charge is 0.493 e. The molecule has 1 aromatic rings. The number of allylic oxidation sites excluding steroid dienone is 1. The highest BCUT2D eigenvalue weighted by Gasteiger charge is 2.00. The van der Waals surface area contributed by atoms with Crippen molar-refractivity contribution in [3.63, 3.8) is 0 Å². The first-order valence-corrected chi connectivity index (χ1v) is 4.50. The highest BCUT2D eigenvalue weighted by molar-refractivity contribution is 6.30. The van der Waals surface area contributed by atoms with Crippen LogP contribution in [0.2, 0.25) is 5.02 Å². The second-order valence-electron chi connectivity index (χ2n) is 2.51. The molecule has 2 heteroatoms. The monoisotopic (exact) mass is 195 g/mol. The Morgan fingerprint density at radius 2 is 2.38 bits per heavy atom. The van der Waals surface area contributed by atoms with Gasteiger partial charge in [0.1, 0.15) is 5.76 Å². The van der Waals surface area contributed by atoms with Gasteiger partial charge in [-0.3, -0.25) is 0 Å². The van der Waals surface area contributed by atoms with Crippen molar-refractivity contribution in [2.75, 3.05) is 6.61 Å². The molecule has 0 bridgehead atoms. The minimum atomic E-state index is 0.423. The van der Waals surface area contributed by atoms with E-state index in [-0.39, 0.29) is 0 Å². The molecule has 0 aliphatic carbocycles. The zero-order valence-corrected chi connectivity index (χ0v) is 8.34. The van der Waals surface area contributed by atoms with E-state index in [0.717, 1.165) is 11.3 Å². The molecule has 1 radical (unpaired) electrons. The first-order valence-electron chi connectivity index (χ1n) is 4.12. The topological polar surface area (TPSA) is 9.23 Å². The minimum Gasteiger partial charge on any atom is -0.493 e. The van der Waals surface area contributed by atoms with Crippen molar-refractivity contribution in [3.8, 4) is 0 Å². The van der Waals surface area contributed by atoms with Gasteiger partial charge in [-0.1, -0.05) is 23.7 Å². The van der Waals surface area contributed by atoms with Crippen LogP contribution in [0.3, 0.4) is 0 Å². The summed E-state index contributed by atoms with van der Waals surface area (Å²) in [6.07, 6.45) is 1.90. The number of ether oxygens (including phenoxy) is 1. The van der Waals surface area contributed by atoms with Crippen molar-refractivity contribution in [3.05, 3.63) is 47.9 Å². The van der Waals surface area contributed by atoms with Gasteiger partial charge in [0.15, 0.2) is 0 Å². The maximum absolute atomic E-state index is 5.85. The van der Waals surface area contributed by atoms with Crippen molar-refractivity contribution in [1.82, 2.24) is 0 Å². The lowest BCUT2D eigenvalue weighted by Gasteiger charge is -2.07. The van der Waals surface area contributed by atoms with E-state index in [9.17, 15) is 0 Å². The zero-order valence-electron chi connectivity index (χ0n) is 7.59. The predicted octanol–water partition coefficient (Wildman–Crippen LogP) is 3.55. The molecule has 0 heterocycles. The van der Waals surface area contributed by atoms with Gasteiger partial charge in [-0.15, -0.1) is 0 Å². The van der Waals surface area contributed by atoms with Crippen LogP contribution in [0.4, 0.5) is 0 Å². The Hall–Kier alpha value is -0.950. The van der Waals surface area contributed by atoms with Gasteiger partial charge in [-0.25, -0.2) is 0 Å². The van der Waals surface area contributed by atoms with Gasteiger partial charge < -0.3 is 4.74 Å². The predicted molar refractivity (Wildman–Crippen MR) is 56.4 cm³/mol. The number of hydrogen-bond donors (Lipinski definition) is 0. The van der Waals surface area contributed by atoms with Gasteiger partial charge in [-0.05, 0) is 32.1 Å². The Balaban J connectivity index is 2.92. The molecule has 13 heavy (non-hydrogen) atoms. The van der Waals surface area contributed by atoms with Gasteiger partial charge in [0.25, 0.3) is 0 Å². The molecule has 0 amide bonds. The summed E-state index contributed by atoms with van der Waals surface area (Å²) in [6, 6.07) is 7.56.